The molecule has 0 fully saturated rings. The summed E-state index contributed by atoms with van der Waals surface area (Å²) in [6.07, 6.45) is 0.712. The van der Waals surface area contributed by atoms with Crippen LogP contribution in [-0.4, -0.2) is 53.3 Å². The molecule has 0 aromatic carbocycles. The van der Waals surface area contributed by atoms with E-state index in [2.05, 4.69) is 29.9 Å². The molecule has 132 valence electrons. The van der Waals surface area contributed by atoms with E-state index in [0.717, 1.165) is 5.06 Å². The number of hydrogen-bond acceptors (Lipinski definition) is 12. The molecule has 0 radical (unpaired) electrons. The van der Waals surface area contributed by atoms with Gasteiger partial charge in [0.15, 0.2) is 0 Å². The summed E-state index contributed by atoms with van der Waals surface area (Å²) < 4.78 is 0. The zero-order valence-corrected chi connectivity index (χ0v) is 13.7. The maximum Gasteiger partial charge on any atom is 0.225 e. The monoisotopic (exact) mass is 337 g/mol. The first-order chi connectivity index (χ1) is 11.4. The molecular weight excluding hydrogens is 314 g/mol. The second kappa shape index (κ2) is 9.32. The zero-order chi connectivity index (χ0) is 18.1. The fourth-order valence-electron chi connectivity index (χ4n) is 1.71. The molecule has 0 aliphatic carbocycles. The van der Waals surface area contributed by atoms with E-state index in [-0.39, 0.29) is 36.9 Å². The molecule has 0 unspecified atom stereocenters. The number of anilines is 4. The van der Waals surface area contributed by atoms with Gasteiger partial charge >= 0.3 is 0 Å². The Bertz CT molecular complexity index is 555. The van der Waals surface area contributed by atoms with E-state index in [1.807, 2.05) is 13.8 Å². The average Bonchev–Trinajstić information content (AvgIpc) is 2.51. The molecule has 12 heteroatoms. The first-order valence-corrected chi connectivity index (χ1v) is 7.38. The number of hydrogen-bond donors (Lipinski definition) is 5. The van der Waals surface area contributed by atoms with Crippen molar-refractivity contribution < 1.29 is 5.21 Å². The number of rotatable bonds is 6. The molecule has 0 bridgehead atoms. The summed E-state index contributed by atoms with van der Waals surface area (Å²) in [5, 5.41) is 10.9. The Morgan fingerprint density at radius 1 is 0.667 bits per heavy atom. The second-order valence-corrected chi connectivity index (χ2v) is 4.39. The number of nitrogens with two attached hydrogens (primary N) is 4. The zero-order valence-electron chi connectivity index (χ0n) is 13.7. The molecule has 12 nitrogen and oxygen atoms in total. The fraction of sp³-hybridized carbons (Fsp3) is 0.500. The summed E-state index contributed by atoms with van der Waals surface area (Å²) in [6.45, 7) is 4.55. The van der Waals surface area contributed by atoms with Gasteiger partial charge in [-0.25, -0.2) is 0 Å². The minimum atomic E-state index is 0.0446. The molecule has 0 saturated heterocycles. The van der Waals surface area contributed by atoms with Crippen molar-refractivity contribution in [1.29, 1.82) is 0 Å². The van der Waals surface area contributed by atoms with Crippen molar-refractivity contribution in [2.75, 3.05) is 36.0 Å². The van der Waals surface area contributed by atoms with E-state index in [4.69, 9.17) is 22.9 Å². The SMILES string of the molecule is CC.Nc1nc(N)nc(CCN(O)CCc2nc(N)nc(N)n2)n1. The van der Waals surface area contributed by atoms with Crippen LogP contribution in [0, 0.1) is 0 Å². The summed E-state index contributed by atoms with van der Waals surface area (Å²) in [4.78, 5) is 23.0. The van der Waals surface area contributed by atoms with Crippen molar-refractivity contribution >= 4 is 23.8 Å². The van der Waals surface area contributed by atoms with Crippen molar-refractivity contribution in [2.24, 2.45) is 0 Å². The lowest BCUT2D eigenvalue weighted by atomic mass is 10.3. The van der Waals surface area contributed by atoms with E-state index in [1.165, 1.54) is 0 Å². The Hall–Kier alpha value is -2.86. The number of aromatic nitrogens is 6. The van der Waals surface area contributed by atoms with Gasteiger partial charge in [-0.3, -0.25) is 0 Å². The second-order valence-electron chi connectivity index (χ2n) is 4.39. The van der Waals surface area contributed by atoms with Crippen LogP contribution in [0.25, 0.3) is 0 Å². The standard InChI is InChI=1S/C10H17N11O.C2H6/c11-7-15-5(16-8(12)19-7)1-3-21(22)4-2-6-17-9(13)20-10(14)18-6;1-2/h22H,1-4H2,(H4,11,12,15,16,19)(H4,13,14,17,18,20);1-2H3. The lowest BCUT2D eigenvalue weighted by molar-refractivity contribution is -0.0892. The van der Waals surface area contributed by atoms with Crippen molar-refractivity contribution in [3.63, 3.8) is 0 Å². The van der Waals surface area contributed by atoms with E-state index in [1.54, 1.807) is 0 Å². The molecule has 0 spiro atoms. The summed E-state index contributed by atoms with van der Waals surface area (Å²) in [5.41, 5.74) is 21.9. The van der Waals surface area contributed by atoms with Crippen LogP contribution in [-0.2, 0) is 12.8 Å². The minimum absolute atomic E-state index is 0.0446. The third-order valence-electron chi connectivity index (χ3n) is 2.62. The highest BCUT2D eigenvalue weighted by molar-refractivity contribution is 5.26. The van der Waals surface area contributed by atoms with Gasteiger partial charge in [0.25, 0.3) is 0 Å². The molecular formula is C12H23N11O. The molecule has 0 aliphatic heterocycles. The van der Waals surface area contributed by atoms with E-state index in [9.17, 15) is 5.21 Å². The predicted molar refractivity (Wildman–Crippen MR) is 89.4 cm³/mol. The van der Waals surface area contributed by atoms with Crippen molar-refractivity contribution in [1.82, 2.24) is 35.0 Å². The van der Waals surface area contributed by atoms with Crippen molar-refractivity contribution in [2.45, 2.75) is 26.7 Å². The molecule has 0 amide bonds. The van der Waals surface area contributed by atoms with Crippen LogP contribution in [0.15, 0.2) is 0 Å². The minimum Gasteiger partial charge on any atom is -0.368 e. The Morgan fingerprint density at radius 2 is 0.958 bits per heavy atom. The van der Waals surface area contributed by atoms with Gasteiger partial charge in [-0.05, 0) is 0 Å². The van der Waals surface area contributed by atoms with Crippen LogP contribution in [0.4, 0.5) is 23.8 Å². The third-order valence-corrected chi connectivity index (χ3v) is 2.62. The topological polar surface area (TPSA) is 205 Å². The normalized spacial score (nSPS) is 10.3. The lowest BCUT2D eigenvalue weighted by Crippen LogP contribution is -2.26. The predicted octanol–water partition coefficient (Wildman–Crippen LogP) is -1.11. The van der Waals surface area contributed by atoms with Crippen molar-refractivity contribution in [3.8, 4) is 0 Å². The van der Waals surface area contributed by atoms with Gasteiger partial charge in [-0.2, -0.15) is 35.0 Å². The fourth-order valence-corrected chi connectivity index (χ4v) is 1.71. The molecule has 2 rings (SSSR count). The molecule has 2 aromatic rings. The van der Waals surface area contributed by atoms with Gasteiger partial charge in [0.1, 0.15) is 11.6 Å². The molecule has 2 aromatic heterocycles. The highest BCUT2D eigenvalue weighted by atomic mass is 16.5. The van der Waals surface area contributed by atoms with Crippen LogP contribution >= 0.6 is 0 Å². The average molecular weight is 337 g/mol. The van der Waals surface area contributed by atoms with E-state index < -0.39 is 0 Å². The molecule has 24 heavy (non-hydrogen) atoms. The lowest BCUT2D eigenvalue weighted by Gasteiger charge is -2.13. The maximum atomic E-state index is 9.81. The Labute approximate surface area is 139 Å². The van der Waals surface area contributed by atoms with Crippen LogP contribution < -0.4 is 22.9 Å². The van der Waals surface area contributed by atoms with Crippen LogP contribution in [0.1, 0.15) is 25.5 Å². The van der Waals surface area contributed by atoms with Gasteiger partial charge in [0.05, 0.1) is 0 Å². The summed E-state index contributed by atoms with van der Waals surface area (Å²) >= 11 is 0. The van der Waals surface area contributed by atoms with Gasteiger partial charge in [0.2, 0.25) is 23.8 Å². The van der Waals surface area contributed by atoms with E-state index >= 15 is 0 Å². The first kappa shape index (κ1) is 19.2. The number of hydroxylamine groups is 2. The van der Waals surface area contributed by atoms with E-state index in [0.29, 0.717) is 24.5 Å². The first-order valence-electron chi connectivity index (χ1n) is 7.38. The Morgan fingerprint density at radius 3 is 1.25 bits per heavy atom. The Balaban J connectivity index is 0.00000139. The highest BCUT2D eigenvalue weighted by Crippen LogP contribution is 2.02. The van der Waals surface area contributed by atoms with Crippen LogP contribution in [0.3, 0.4) is 0 Å². The number of nitrogen functional groups attached to an aromatic ring is 4. The largest absolute Gasteiger partial charge is 0.368 e. The Kier molecular flexibility index (Phi) is 7.45. The summed E-state index contributed by atoms with van der Waals surface area (Å²) in [5.74, 6) is 0.980. The molecule has 0 atom stereocenters. The number of nitrogens with zero attached hydrogens (tertiary/aromatic N) is 7. The van der Waals surface area contributed by atoms with Gasteiger partial charge in [0, 0.05) is 25.9 Å². The molecule has 9 N–H and O–H groups in total. The van der Waals surface area contributed by atoms with Crippen LogP contribution in [0.2, 0.25) is 0 Å². The van der Waals surface area contributed by atoms with Gasteiger partial charge in [-0.1, -0.05) is 13.8 Å². The molecule has 0 aliphatic rings. The quantitative estimate of drug-likeness (QED) is 0.398. The van der Waals surface area contributed by atoms with Crippen molar-refractivity contribution in [3.05, 3.63) is 11.6 Å². The maximum absolute atomic E-state index is 9.81. The molecule has 2 heterocycles. The van der Waals surface area contributed by atoms with Crippen LogP contribution in [0.5, 0.6) is 0 Å². The highest BCUT2D eigenvalue weighted by Gasteiger charge is 2.08. The summed E-state index contributed by atoms with van der Waals surface area (Å²) in [6, 6.07) is 0. The molecule has 0 saturated carbocycles. The third kappa shape index (κ3) is 6.50. The van der Waals surface area contributed by atoms with Gasteiger partial charge < -0.3 is 28.1 Å². The smallest absolute Gasteiger partial charge is 0.225 e. The van der Waals surface area contributed by atoms with Gasteiger partial charge in [-0.15, -0.1) is 0 Å². The summed E-state index contributed by atoms with van der Waals surface area (Å²) in [7, 11) is 0.